The van der Waals surface area contributed by atoms with Crippen molar-refractivity contribution in [2.24, 2.45) is 0 Å². The second kappa shape index (κ2) is 6.77. The predicted octanol–water partition coefficient (Wildman–Crippen LogP) is 3.49. The Bertz CT molecular complexity index is 675. The lowest BCUT2D eigenvalue weighted by Gasteiger charge is -2.22. The fourth-order valence-corrected chi connectivity index (χ4v) is 2.06. The minimum Gasteiger partial charge on any atom is -0.365 e. The molecular weight excluding hydrogens is 288 g/mol. The smallest absolute Gasteiger partial charge is 0.270 e. The Morgan fingerprint density at radius 2 is 1.74 bits per heavy atom. The summed E-state index contributed by atoms with van der Waals surface area (Å²) in [5.41, 5.74) is 1.08. The van der Waals surface area contributed by atoms with Crippen molar-refractivity contribution < 1.29 is 4.79 Å². The van der Waals surface area contributed by atoms with Gasteiger partial charge in [0.05, 0.1) is 0 Å². The van der Waals surface area contributed by atoms with Crippen LogP contribution >= 0.6 is 0 Å². The minimum atomic E-state index is -0.198. The van der Waals surface area contributed by atoms with Crippen LogP contribution in [0.25, 0.3) is 11.4 Å². The first-order chi connectivity index (χ1) is 10.7. The van der Waals surface area contributed by atoms with Crippen molar-refractivity contribution in [2.75, 3.05) is 5.32 Å². The molecule has 2 N–H and O–H groups in total. The summed E-state index contributed by atoms with van der Waals surface area (Å²) in [6.45, 7) is 9.98. The maximum absolute atomic E-state index is 12.3. The molecule has 2 aromatic rings. The molecule has 23 heavy (non-hydrogen) atoms. The second-order valence-electron chi connectivity index (χ2n) is 6.83. The van der Waals surface area contributed by atoms with E-state index in [4.69, 9.17) is 0 Å². The Balaban J connectivity index is 2.46. The lowest BCUT2D eigenvalue weighted by molar-refractivity contribution is 0.0938. The monoisotopic (exact) mass is 312 g/mol. The van der Waals surface area contributed by atoms with Gasteiger partial charge >= 0.3 is 0 Å². The highest BCUT2D eigenvalue weighted by Crippen LogP contribution is 2.20. The van der Waals surface area contributed by atoms with Gasteiger partial charge in [-0.2, -0.15) is 0 Å². The quantitative estimate of drug-likeness (QED) is 0.907. The van der Waals surface area contributed by atoms with Crippen LogP contribution in [0.5, 0.6) is 0 Å². The zero-order chi connectivity index (χ0) is 17.0. The molecule has 1 heterocycles. The van der Waals surface area contributed by atoms with Crippen molar-refractivity contribution in [1.29, 1.82) is 0 Å². The third-order valence-electron chi connectivity index (χ3n) is 2.91. The maximum atomic E-state index is 12.3. The van der Waals surface area contributed by atoms with E-state index >= 15 is 0 Å². The van der Waals surface area contributed by atoms with Gasteiger partial charge in [0, 0.05) is 23.2 Å². The molecule has 0 unspecified atom stereocenters. The molecular formula is C18H24N4O. The van der Waals surface area contributed by atoms with Crippen molar-refractivity contribution in [2.45, 2.75) is 46.2 Å². The van der Waals surface area contributed by atoms with Crippen LogP contribution in [0.15, 0.2) is 36.4 Å². The Hall–Kier alpha value is -2.43. The van der Waals surface area contributed by atoms with E-state index in [0.717, 1.165) is 5.56 Å². The lowest BCUT2D eigenvalue weighted by atomic mass is 10.1. The van der Waals surface area contributed by atoms with Crippen LogP contribution in [0.1, 0.15) is 45.1 Å². The van der Waals surface area contributed by atoms with Crippen LogP contribution in [-0.2, 0) is 0 Å². The number of benzene rings is 1. The molecule has 0 saturated heterocycles. The van der Waals surface area contributed by atoms with Crippen LogP contribution in [0.4, 0.5) is 5.82 Å². The molecule has 0 spiro atoms. The molecule has 122 valence electrons. The number of carbonyl (C=O) groups is 1. The number of hydrogen-bond donors (Lipinski definition) is 2. The summed E-state index contributed by atoms with van der Waals surface area (Å²) in [5.74, 6) is 0.977. The molecule has 0 fully saturated rings. The Kier molecular flexibility index (Phi) is 4.98. The molecule has 0 radical (unpaired) electrons. The fraction of sp³-hybridized carbons (Fsp3) is 0.389. The van der Waals surface area contributed by atoms with Crippen molar-refractivity contribution in [1.82, 2.24) is 15.3 Å². The highest BCUT2D eigenvalue weighted by molar-refractivity contribution is 5.93. The van der Waals surface area contributed by atoms with E-state index in [1.54, 1.807) is 6.07 Å². The van der Waals surface area contributed by atoms with E-state index < -0.39 is 0 Å². The molecule has 0 aliphatic carbocycles. The zero-order valence-electron chi connectivity index (χ0n) is 14.3. The average molecular weight is 312 g/mol. The number of hydrogen-bond acceptors (Lipinski definition) is 4. The zero-order valence-corrected chi connectivity index (χ0v) is 14.3. The maximum Gasteiger partial charge on any atom is 0.270 e. The molecule has 0 saturated carbocycles. The first kappa shape index (κ1) is 16.9. The van der Waals surface area contributed by atoms with Crippen LogP contribution < -0.4 is 10.6 Å². The van der Waals surface area contributed by atoms with Gasteiger partial charge in [-0.3, -0.25) is 4.79 Å². The SMILES string of the molecule is CC(C)NC(=O)c1cc(NC(C)(C)C)nc(-c2ccccc2)n1. The number of anilines is 1. The van der Waals surface area contributed by atoms with Gasteiger partial charge in [-0.1, -0.05) is 30.3 Å². The van der Waals surface area contributed by atoms with E-state index in [1.165, 1.54) is 0 Å². The van der Waals surface area contributed by atoms with Gasteiger partial charge in [0.2, 0.25) is 0 Å². The number of amides is 1. The largest absolute Gasteiger partial charge is 0.365 e. The first-order valence-electron chi connectivity index (χ1n) is 7.78. The van der Waals surface area contributed by atoms with Gasteiger partial charge < -0.3 is 10.6 Å². The number of aromatic nitrogens is 2. The molecule has 0 aliphatic heterocycles. The third-order valence-corrected chi connectivity index (χ3v) is 2.91. The van der Waals surface area contributed by atoms with Crippen molar-refractivity contribution in [3.63, 3.8) is 0 Å². The van der Waals surface area contributed by atoms with Gasteiger partial charge in [0.1, 0.15) is 11.5 Å². The van der Waals surface area contributed by atoms with Crippen molar-refractivity contribution >= 4 is 11.7 Å². The first-order valence-corrected chi connectivity index (χ1v) is 7.78. The molecule has 0 aliphatic rings. The van der Waals surface area contributed by atoms with Crippen LogP contribution in [0.3, 0.4) is 0 Å². The molecule has 0 atom stereocenters. The molecule has 1 aromatic carbocycles. The van der Waals surface area contributed by atoms with E-state index in [-0.39, 0.29) is 17.5 Å². The van der Waals surface area contributed by atoms with Crippen molar-refractivity contribution in [3.05, 3.63) is 42.1 Å². The molecule has 1 amide bonds. The normalized spacial score (nSPS) is 11.4. The number of carbonyl (C=O) groups excluding carboxylic acids is 1. The van der Waals surface area contributed by atoms with E-state index in [0.29, 0.717) is 17.3 Å². The van der Waals surface area contributed by atoms with Gasteiger partial charge in [0.25, 0.3) is 5.91 Å². The standard InChI is InChI=1S/C18H24N4O/c1-12(2)19-17(23)14-11-15(22-18(3,4)5)21-16(20-14)13-9-7-6-8-10-13/h6-12H,1-5H3,(H,19,23)(H,20,21,22). The predicted molar refractivity (Wildman–Crippen MR) is 93.4 cm³/mol. The Morgan fingerprint density at radius 1 is 1.09 bits per heavy atom. The summed E-state index contributed by atoms with van der Waals surface area (Å²) in [5, 5.41) is 6.18. The average Bonchev–Trinajstić information content (AvgIpc) is 2.45. The topological polar surface area (TPSA) is 66.9 Å². The number of nitrogens with zero attached hydrogens (tertiary/aromatic N) is 2. The molecule has 2 rings (SSSR count). The summed E-state index contributed by atoms with van der Waals surface area (Å²) in [6.07, 6.45) is 0. The molecule has 5 heteroatoms. The van der Waals surface area contributed by atoms with Gasteiger partial charge in [-0.05, 0) is 34.6 Å². The Morgan fingerprint density at radius 3 is 2.30 bits per heavy atom. The minimum absolute atomic E-state index is 0.0525. The van der Waals surface area contributed by atoms with Crippen LogP contribution in [-0.4, -0.2) is 27.5 Å². The summed E-state index contributed by atoms with van der Waals surface area (Å²) in [7, 11) is 0. The highest BCUT2D eigenvalue weighted by Gasteiger charge is 2.16. The van der Waals surface area contributed by atoms with E-state index in [9.17, 15) is 4.79 Å². The lowest BCUT2D eigenvalue weighted by Crippen LogP contribution is -2.32. The molecule has 1 aromatic heterocycles. The summed E-state index contributed by atoms with van der Waals surface area (Å²) < 4.78 is 0. The number of rotatable bonds is 4. The Labute approximate surface area is 137 Å². The number of nitrogens with one attached hydrogen (secondary N) is 2. The van der Waals surface area contributed by atoms with Crippen LogP contribution in [0.2, 0.25) is 0 Å². The highest BCUT2D eigenvalue weighted by atomic mass is 16.1. The van der Waals surface area contributed by atoms with E-state index in [1.807, 2.05) is 65.0 Å². The fourth-order valence-electron chi connectivity index (χ4n) is 2.06. The van der Waals surface area contributed by atoms with Crippen LogP contribution in [0, 0.1) is 0 Å². The van der Waals surface area contributed by atoms with Gasteiger partial charge in [0.15, 0.2) is 5.82 Å². The molecule has 0 bridgehead atoms. The van der Waals surface area contributed by atoms with Gasteiger partial charge in [-0.25, -0.2) is 9.97 Å². The van der Waals surface area contributed by atoms with Gasteiger partial charge in [-0.15, -0.1) is 0 Å². The summed E-state index contributed by atoms with van der Waals surface area (Å²) in [4.78, 5) is 21.3. The second-order valence-corrected chi connectivity index (χ2v) is 6.83. The molecule has 5 nitrogen and oxygen atoms in total. The summed E-state index contributed by atoms with van der Waals surface area (Å²) >= 11 is 0. The third kappa shape index (κ3) is 5.06. The van der Waals surface area contributed by atoms with Crippen molar-refractivity contribution in [3.8, 4) is 11.4 Å². The van der Waals surface area contributed by atoms with E-state index in [2.05, 4.69) is 20.6 Å². The summed E-state index contributed by atoms with van der Waals surface area (Å²) in [6, 6.07) is 11.4.